The van der Waals surface area contributed by atoms with Gasteiger partial charge in [-0.25, -0.2) is 8.42 Å². The van der Waals surface area contributed by atoms with E-state index in [4.69, 9.17) is 14.2 Å². The number of ether oxygens (including phenoxy) is 3. The van der Waals surface area contributed by atoms with Crippen LogP contribution in [0.15, 0.2) is 58.3 Å². The lowest BCUT2D eigenvalue weighted by atomic mass is 9.91. The van der Waals surface area contributed by atoms with Gasteiger partial charge in [-0.1, -0.05) is 18.2 Å². The van der Waals surface area contributed by atoms with Crippen LogP contribution in [0.4, 0.5) is 0 Å². The maximum absolute atomic E-state index is 12.8. The number of ketones is 1. The summed E-state index contributed by atoms with van der Waals surface area (Å²) in [5.74, 6) is 0.0906. The number of hydrogen-bond donors (Lipinski definition) is 0. The van der Waals surface area contributed by atoms with Crippen LogP contribution in [0, 0.1) is 0 Å². The van der Waals surface area contributed by atoms with Crippen molar-refractivity contribution in [3.63, 3.8) is 0 Å². The van der Waals surface area contributed by atoms with Crippen LogP contribution in [0.5, 0.6) is 5.75 Å². The monoisotopic (exact) mass is 376 g/mol. The Bertz CT molecular complexity index is 918. The fraction of sp³-hybridized carbons (Fsp3) is 0.316. The molecule has 0 saturated heterocycles. The van der Waals surface area contributed by atoms with Crippen LogP contribution < -0.4 is 4.74 Å². The highest BCUT2D eigenvalue weighted by molar-refractivity contribution is 7.91. The predicted octanol–water partition coefficient (Wildman–Crippen LogP) is 2.86. The molecule has 138 valence electrons. The second-order valence-electron chi connectivity index (χ2n) is 6.29. The van der Waals surface area contributed by atoms with Crippen molar-refractivity contribution in [2.45, 2.75) is 35.0 Å². The SMILES string of the molecule is COC(OC)C1(C)CC(=O)c2cc(S(=O)(=O)c3ccccc3)ccc2O1. The fourth-order valence-electron chi connectivity index (χ4n) is 3.15. The smallest absolute Gasteiger partial charge is 0.206 e. The minimum atomic E-state index is -3.71. The molecular weight excluding hydrogens is 356 g/mol. The Morgan fingerprint density at radius 3 is 2.31 bits per heavy atom. The average Bonchev–Trinajstić information content (AvgIpc) is 2.63. The zero-order chi connectivity index (χ0) is 18.9. The van der Waals surface area contributed by atoms with E-state index in [1.807, 2.05) is 0 Å². The number of Topliss-reactive ketones (excluding diaryl/α,β-unsaturated/α-hetero) is 1. The lowest BCUT2D eigenvalue weighted by molar-refractivity contribution is -0.197. The third-order valence-electron chi connectivity index (χ3n) is 4.40. The van der Waals surface area contributed by atoms with E-state index < -0.39 is 21.7 Å². The molecule has 0 spiro atoms. The molecule has 1 aliphatic heterocycles. The minimum absolute atomic E-state index is 0.0151. The van der Waals surface area contributed by atoms with Crippen molar-refractivity contribution in [1.82, 2.24) is 0 Å². The summed E-state index contributed by atoms with van der Waals surface area (Å²) < 4.78 is 42.0. The zero-order valence-corrected chi connectivity index (χ0v) is 15.6. The Morgan fingerprint density at radius 1 is 1.04 bits per heavy atom. The second-order valence-corrected chi connectivity index (χ2v) is 8.24. The van der Waals surface area contributed by atoms with Crippen molar-refractivity contribution < 1.29 is 27.4 Å². The molecule has 0 saturated carbocycles. The topological polar surface area (TPSA) is 78.9 Å². The fourth-order valence-corrected chi connectivity index (χ4v) is 4.45. The van der Waals surface area contributed by atoms with E-state index in [1.165, 1.54) is 44.6 Å². The Balaban J connectivity index is 2.01. The van der Waals surface area contributed by atoms with Crippen molar-refractivity contribution >= 4 is 15.6 Å². The molecule has 1 heterocycles. The van der Waals surface area contributed by atoms with Gasteiger partial charge >= 0.3 is 0 Å². The summed E-state index contributed by atoms with van der Waals surface area (Å²) in [5.41, 5.74) is -0.752. The largest absolute Gasteiger partial charge is 0.481 e. The van der Waals surface area contributed by atoms with E-state index >= 15 is 0 Å². The van der Waals surface area contributed by atoms with Crippen LogP contribution in [0.3, 0.4) is 0 Å². The van der Waals surface area contributed by atoms with Gasteiger partial charge in [0.2, 0.25) is 9.84 Å². The molecule has 1 aliphatic rings. The van der Waals surface area contributed by atoms with Gasteiger partial charge in [0.25, 0.3) is 0 Å². The van der Waals surface area contributed by atoms with Crippen molar-refractivity contribution in [3.05, 3.63) is 54.1 Å². The third-order valence-corrected chi connectivity index (χ3v) is 6.16. The highest BCUT2D eigenvalue weighted by atomic mass is 32.2. The minimum Gasteiger partial charge on any atom is -0.481 e. The number of fused-ring (bicyclic) bond motifs is 1. The van der Waals surface area contributed by atoms with Gasteiger partial charge in [0, 0.05) is 14.2 Å². The van der Waals surface area contributed by atoms with Crippen LogP contribution in [-0.4, -0.2) is 40.3 Å². The molecule has 3 rings (SSSR count). The lowest BCUT2D eigenvalue weighted by Crippen LogP contribution is -2.50. The first kappa shape index (κ1) is 18.6. The van der Waals surface area contributed by atoms with Gasteiger partial charge in [0.05, 0.1) is 21.8 Å². The Morgan fingerprint density at radius 2 is 1.69 bits per heavy atom. The Kier molecular flexibility index (Phi) is 4.88. The molecule has 0 fully saturated rings. The Hall–Kier alpha value is -2.22. The maximum Gasteiger partial charge on any atom is 0.206 e. The lowest BCUT2D eigenvalue weighted by Gasteiger charge is -2.39. The molecule has 2 aromatic rings. The number of rotatable bonds is 5. The molecule has 1 atom stereocenters. The molecule has 26 heavy (non-hydrogen) atoms. The molecule has 6 nitrogen and oxygen atoms in total. The van der Waals surface area contributed by atoms with Gasteiger partial charge in [-0.05, 0) is 37.3 Å². The number of sulfone groups is 1. The molecule has 0 bridgehead atoms. The molecule has 0 aromatic heterocycles. The Labute approximate surface area is 152 Å². The molecule has 0 amide bonds. The number of benzene rings is 2. The first-order valence-electron chi connectivity index (χ1n) is 8.04. The van der Waals surface area contributed by atoms with Crippen LogP contribution in [0.25, 0.3) is 0 Å². The van der Waals surface area contributed by atoms with Crippen molar-refractivity contribution in [3.8, 4) is 5.75 Å². The predicted molar refractivity (Wildman–Crippen MR) is 94.1 cm³/mol. The third kappa shape index (κ3) is 3.13. The summed E-state index contributed by atoms with van der Waals surface area (Å²) in [5, 5.41) is 0. The number of carbonyl (C=O) groups is 1. The van der Waals surface area contributed by atoms with E-state index in [1.54, 1.807) is 25.1 Å². The van der Waals surface area contributed by atoms with E-state index in [0.717, 1.165) is 0 Å². The highest BCUT2D eigenvalue weighted by Gasteiger charge is 2.44. The molecular formula is C19H20O6S. The van der Waals surface area contributed by atoms with Gasteiger partial charge in [-0.3, -0.25) is 4.79 Å². The molecule has 2 aromatic carbocycles. The quantitative estimate of drug-likeness (QED) is 0.747. The van der Waals surface area contributed by atoms with Crippen LogP contribution in [0.1, 0.15) is 23.7 Å². The average molecular weight is 376 g/mol. The van der Waals surface area contributed by atoms with E-state index in [-0.39, 0.29) is 27.6 Å². The van der Waals surface area contributed by atoms with E-state index in [2.05, 4.69) is 0 Å². The van der Waals surface area contributed by atoms with Crippen molar-refractivity contribution in [2.75, 3.05) is 14.2 Å². The van der Waals surface area contributed by atoms with Crippen molar-refractivity contribution in [1.29, 1.82) is 0 Å². The maximum atomic E-state index is 12.8. The molecule has 1 unspecified atom stereocenters. The summed E-state index contributed by atoms with van der Waals surface area (Å²) in [6, 6.07) is 12.4. The molecule has 0 aliphatic carbocycles. The first-order valence-corrected chi connectivity index (χ1v) is 9.52. The zero-order valence-electron chi connectivity index (χ0n) is 14.8. The summed E-state index contributed by atoms with van der Waals surface area (Å²) in [6.45, 7) is 1.72. The highest BCUT2D eigenvalue weighted by Crippen LogP contribution is 2.38. The van der Waals surface area contributed by atoms with Gasteiger partial charge < -0.3 is 14.2 Å². The molecule has 7 heteroatoms. The van der Waals surface area contributed by atoms with Crippen LogP contribution in [-0.2, 0) is 19.3 Å². The van der Waals surface area contributed by atoms with Gasteiger partial charge in [0.15, 0.2) is 17.7 Å². The first-order chi connectivity index (χ1) is 12.3. The van der Waals surface area contributed by atoms with Crippen LogP contribution in [0.2, 0.25) is 0 Å². The van der Waals surface area contributed by atoms with Gasteiger partial charge in [0.1, 0.15) is 5.75 Å². The van der Waals surface area contributed by atoms with Crippen molar-refractivity contribution in [2.24, 2.45) is 0 Å². The number of methoxy groups -OCH3 is 2. The summed E-state index contributed by atoms with van der Waals surface area (Å²) in [6.07, 6.45) is -0.714. The van der Waals surface area contributed by atoms with Crippen LogP contribution >= 0.6 is 0 Å². The standard InChI is InChI=1S/C19H20O6S/c1-19(18(23-2)24-3)12-16(20)15-11-14(9-10-17(15)25-19)26(21,22)13-7-5-4-6-8-13/h4-11,18H,12H2,1-3H3. The van der Waals surface area contributed by atoms with Gasteiger partial charge in [-0.15, -0.1) is 0 Å². The number of carbonyl (C=O) groups excluding carboxylic acids is 1. The second kappa shape index (κ2) is 6.83. The number of hydrogen-bond acceptors (Lipinski definition) is 6. The normalized spacial score (nSPS) is 19.9. The summed E-state index contributed by atoms with van der Waals surface area (Å²) in [4.78, 5) is 12.9. The molecule has 0 radical (unpaired) electrons. The summed E-state index contributed by atoms with van der Waals surface area (Å²) in [7, 11) is -0.766. The van der Waals surface area contributed by atoms with E-state index in [9.17, 15) is 13.2 Å². The summed E-state index contributed by atoms with van der Waals surface area (Å²) >= 11 is 0. The van der Waals surface area contributed by atoms with E-state index in [0.29, 0.717) is 5.75 Å². The molecule has 0 N–H and O–H groups in total. The van der Waals surface area contributed by atoms with Gasteiger partial charge in [-0.2, -0.15) is 0 Å².